The molecule has 5 heteroatoms. The molecule has 5 nitrogen and oxygen atoms in total. The van der Waals surface area contributed by atoms with E-state index in [-0.39, 0.29) is 5.91 Å². The van der Waals surface area contributed by atoms with Gasteiger partial charge in [-0.1, -0.05) is 18.2 Å². The minimum Gasteiger partial charge on any atom is -0.481 e. The molecule has 2 aromatic rings. The molecular weight excluding hydrogens is 258 g/mol. The van der Waals surface area contributed by atoms with Crippen LogP contribution in [0.25, 0.3) is 11.0 Å². The lowest BCUT2D eigenvalue weighted by Crippen LogP contribution is -2.31. The molecule has 0 spiro atoms. The van der Waals surface area contributed by atoms with Gasteiger partial charge in [-0.15, -0.1) is 0 Å². The van der Waals surface area contributed by atoms with E-state index < -0.39 is 11.4 Å². The molecule has 106 valence electrons. The van der Waals surface area contributed by atoms with E-state index in [1.54, 1.807) is 19.9 Å². The highest BCUT2D eigenvalue weighted by atomic mass is 16.4. The number of carbonyl (C=O) groups excluding carboxylic acids is 1. The molecule has 0 radical (unpaired) electrons. The summed E-state index contributed by atoms with van der Waals surface area (Å²) in [5, 5.41) is 12.5. The third kappa shape index (κ3) is 2.82. The van der Waals surface area contributed by atoms with Gasteiger partial charge in [-0.05, 0) is 26.3 Å². The van der Waals surface area contributed by atoms with Gasteiger partial charge in [-0.25, -0.2) is 0 Å². The third-order valence-corrected chi connectivity index (χ3v) is 3.34. The number of benzene rings is 1. The van der Waals surface area contributed by atoms with Crippen LogP contribution < -0.4 is 5.32 Å². The summed E-state index contributed by atoms with van der Waals surface area (Å²) < 4.78 is 5.30. The Morgan fingerprint density at radius 3 is 2.70 bits per heavy atom. The summed E-state index contributed by atoms with van der Waals surface area (Å²) in [4.78, 5) is 23.0. The van der Waals surface area contributed by atoms with Crippen molar-refractivity contribution in [1.29, 1.82) is 0 Å². The highest BCUT2D eigenvalue weighted by molar-refractivity contribution is 6.05. The number of rotatable bonds is 5. The summed E-state index contributed by atoms with van der Waals surface area (Å²) in [7, 11) is 0. The number of hydrogen-bond donors (Lipinski definition) is 2. The van der Waals surface area contributed by atoms with Crippen LogP contribution in [0.4, 0.5) is 0 Å². The van der Waals surface area contributed by atoms with Crippen LogP contribution in [0.5, 0.6) is 0 Å². The van der Waals surface area contributed by atoms with Gasteiger partial charge in [0.25, 0.3) is 5.91 Å². The molecule has 0 atom stereocenters. The lowest BCUT2D eigenvalue weighted by Gasteiger charge is -2.18. The van der Waals surface area contributed by atoms with Crippen molar-refractivity contribution in [2.75, 3.05) is 6.54 Å². The Labute approximate surface area is 116 Å². The number of furan rings is 1. The second-order valence-electron chi connectivity index (χ2n) is 5.34. The van der Waals surface area contributed by atoms with Crippen molar-refractivity contribution in [3.63, 3.8) is 0 Å². The monoisotopic (exact) mass is 275 g/mol. The Balaban J connectivity index is 2.01. The van der Waals surface area contributed by atoms with Gasteiger partial charge in [0.2, 0.25) is 0 Å². The van der Waals surface area contributed by atoms with Gasteiger partial charge in [0.05, 0.1) is 11.0 Å². The quantitative estimate of drug-likeness (QED) is 0.879. The van der Waals surface area contributed by atoms with Crippen molar-refractivity contribution in [1.82, 2.24) is 5.32 Å². The summed E-state index contributed by atoms with van der Waals surface area (Å²) in [5.74, 6) is -1.13. The van der Waals surface area contributed by atoms with E-state index in [0.29, 0.717) is 24.1 Å². The molecule has 0 fully saturated rings. The zero-order valence-corrected chi connectivity index (χ0v) is 11.5. The molecule has 0 aliphatic carbocycles. The molecule has 1 heterocycles. The first-order valence-electron chi connectivity index (χ1n) is 6.39. The maximum Gasteiger partial charge on any atom is 0.309 e. The first kappa shape index (κ1) is 14.1. The number of fused-ring (bicyclic) bond motifs is 1. The topological polar surface area (TPSA) is 79.5 Å². The van der Waals surface area contributed by atoms with Crippen LogP contribution in [-0.2, 0) is 4.79 Å². The van der Waals surface area contributed by atoms with Crippen molar-refractivity contribution in [3.8, 4) is 0 Å². The number of carboxylic acids is 1. The average molecular weight is 275 g/mol. The van der Waals surface area contributed by atoms with Crippen LogP contribution in [0, 0.1) is 5.41 Å². The molecular formula is C15H17NO4. The zero-order valence-electron chi connectivity index (χ0n) is 11.5. The van der Waals surface area contributed by atoms with Crippen LogP contribution in [0.3, 0.4) is 0 Å². The Hall–Kier alpha value is -2.30. The fourth-order valence-electron chi connectivity index (χ4n) is 1.84. The maximum atomic E-state index is 12.1. The Kier molecular flexibility index (Phi) is 3.79. The van der Waals surface area contributed by atoms with Gasteiger partial charge in [0.1, 0.15) is 11.8 Å². The van der Waals surface area contributed by atoms with Crippen LogP contribution in [0.15, 0.2) is 34.9 Å². The van der Waals surface area contributed by atoms with E-state index in [4.69, 9.17) is 9.52 Å². The number of aliphatic carboxylic acids is 1. The molecule has 0 aliphatic heterocycles. The average Bonchev–Trinajstić information content (AvgIpc) is 2.82. The minimum atomic E-state index is -0.875. The van der Waals surface area contributed by atoms with Crippen LogP contribution >= 0.6 is 0 Å². The summed E-state index contributed by atoms with van der Waals surface area (Å²) in [5.41, 5.74) is 0.267. The van der Waals surface area contributed by atoms with Gasteiger partial charge < -0.3 is 14.8 Å². The molecule has 0 saturated heterocycles. The fraction of sp³-hybridized carbons (Fsp3) is 0.333. The molecule has 0 saturated carbocycles. The summed E-state index contributed by atoms with van der Waals surface area (Å²) in [6.07, 6.45) is 1.78. The van der Waals surface area contributed by atoms with Crippen molar-refractivity contribution in [2.24, 2.45) is 5.41 Å². The van der Waals surface area contributed by atoms with Crippen molar-refractivity contribution in [2.45, 2.75) is 20.3 Å². The van der Waals surface area contributed by atoms with Gasteiger partial charge >= 0.3 is 5.97 Å². The predicted molar refractivity (Wildman–Crippen MR) is 74.6 cm³/mol. The maximum absolute atomic E-state index is 12.1. The second kappa shape index (κ2) is 5.36. The number of amides is 1. The van der Waals surface area contributed by atoms with E-state index in [9.17, 15) is 9.59 Å². The van der Waals surface area contributed by atoms with Crippen LogP contribution in [-0.4, -0.2) is 23.5 Å². The van der Waals surface area contributed by atoms with E-state index >= 15 is 0 Å². The van der Waals surface area contributed by atoms with E-state index in [1.807, 2.05) is 18.2 Å². The zero-order chi connectivity index (χ0) is 14.8. The molecule has 1 aromatic carbocycles. The lowest BCUT2D eigenvalue weighted by molar-refractivity contribution is -0.147. The number of carboxylic acid groups (broad SMARTS) is 1. The van der Waals surface area contributed by atoms with Crippen molar-refractivity contribution < 1.29 is 19.1 Å². The molecule has 2 rings (SSSR count). The Morgan fingerprint density at radius 2 is 2.00 bits per heavy atom. The highest BCUT2D eigenvalue weighted by Gasteiger charge is 2.26. The molecule has 1 amide bonds. The van der Waals surface area contributed by atoms with Crippen LogP contribution in [0.2, 0.25) is 0 Å². The number of nitrogens with one attached hydrogen (secondary N) is 1. The third-order valence-electron chi connectivity index (χ3n) is 3.34. The largest absolute Gasteiger partial charge is 0.481 e. The van der Waals surface area contributed by atoms with Gasteiger partial charge in [-0.3, -0.25) is 9.59 Å². The standard InChI is InChI=1S/C15H17NO4/c1-15(2,14(18)19)7-8-16-13(17)11-9-20-12-6-4-3-5-10(11)12/h3-6,9H,7-8H2,1-2H3,(H,16,17)(H,18,19). The van der Waals surface area contributed by atoms with E-state index in [0.717, 1.165) is 5.39 Å². The molecule has 1 aromatic heterocycles. The van der Waals surface area contributed by atoms with Crippen molar-refractivity contribution in [3.05, 3.63) is 36.1 Å². The fourth-order valence-corrected chi connectivity index (χ4v) is 1.84. The first-order chi connectivity index (χ1) is 9.42. The van der Waals surface area contributed by atoms with Gasteiger partial charge in [0, 0.05) is 11.9 Å². The Bertz CT molecular complexity index is 642. The van der Waals surface area contributed by atoms with E-state index in [1.165, 1.54) is 6.26 Å². The second-order valence-corrected chi connectivity index (χ2v) is 5.34. The smallest absolute Gasteiger partial charge is 0.309 e. The van der Waals surface area contributed by atoms with Crippen molar-refractivity contribution >= 4 is 22.8 Å². The Morgan fingerprint density at radius 1 is 1.30 bits per heavy atom. The number of para-hydroxylation sites is 1. The molecule has 20 heavy (non-hydrogen) atoms. The highest BCUT2D eigenvalue weighted by Crippen LogP contribution is 2.21. The molecule has 0 bridgehead atoms. The molecule has 2 N–H and O–H groups in total. The summed E-state index contributed by atoms with van der Waals surface area (Å²) in [6.45, 7) is 3.57. The minimum absolute atomic E-state index is 0.254. The van der Waals surface area contributed by atoms with Crippen LogP contribution in [0.1, 0.15) is 30.6 Å². The van der Waals surface area contributed by atoms with E-state index in [2.05, 4.69) is 5.32 Å². The SMILES string of the molecule is CC(C)(CCNC(=O)c1coc2ccccc12)C(=O)O. The number of carbonyl (C=O) groups is 2. The summed E-state index contributed by atoms with van der Waals surface area (Å²) >= 11 is 0. The molecule has 0 unspecified atom stereocenters. The molecule has 0 aliphatic rings. The normalized spacial score (nSPS) is 11.5. The number of hydrogen-bond acceptors (Lipinski definition) is 3. The lowest BCUT2D eigenvalue weighted by atomic mass is 9.90. The predicted octanol–water partition coefficient (Wildman–Crippen LogP) is 2.66. The summed E-state index contributed by atoms with van der Waals surface area (Å²) in [6, 6.07) is 7.28. The van der Waals surface area contributed by atoms with Gasteiger partial charge in [0.15, 0.2) is 0 Å². The first-order valence-corrected chi connectivity index (χ1v) is 6.39. The van der Waals surface area contributed by atoms with Gasteiger partial charge in [-0.2, -0.15) is 0 Å².